The van der Waals surface area contributed by atoms with Crippen molar-refractivity contribution < 1.29 is 22.7 Å². The van der Waals surface area contributed by atoms with E-state index in [4.69, 9.17) is 4.74 Å². The molecule has 0 aliphatic carbocycles. The van der Waals surface area contributed by atoms with Gasteiger partial charge in [0, 0.05) is 16.2 Å². The molecule has 0 fully saturated rings. The number of carbonyl (C=O) groups excluding carboxylic acids is 1. The molecule has 0 aromatic heterocycles. The Morgan fingerprint density at radius 3 is 2.40 bits per heavy atom. The van der Waals surface area contributed by atoms with Gasteiger partial charge in [-0.3, -0.25) is 4.79 Å². The van der Waals surface area contributed by atoms with Crippen LogP contribution >= 0.6 is 11.8 Å². The van der Waals surface area contributed by atoms with Gasteiger partial charge in [-0.2, -0.15) is 13.2 Å². The highest BCUT2D eigenvalue weighted by Crippen LogP contribution is 2.26. The van der Waals surface area contributed by atoms with Crippen LogP contribution in [-0.2, 0) is 9.53 Å². The fraction of sp³-hybridized carbons (Fsp3) is 0.357. The van der Waals surface area contributed by atoms with Crippen LogP contribution in [0.1, 0.15) is 12.5 Å². The molecule has 0 radical (unpaired) electrons. The van der Waals surface area contributed by atoms with Gasteiger partial charge in [0.25, 0.3) is 5.78 Å². The van der Waals surface area contributed by atoms with Gasteiger partial charge in [-0.15, -0.1) is 11.8 Å². The lowest BCUT2D eigenvalue weighted by Crippen LogP contribution is -2.25. The second-order valence-corrected chi connectivity index (χ2v) is 5.08. The average molecular weight is 304 g/mol. The lowest BCUT2D eigenvalue weighted by atomic mass is 10.2. The fourth-order valence-corrected chi connectivity index (χ4v) is 2.16. The molecule has 0 unspecified atom stereocenters. The fourth-order valence-electron chi connectivity index (χ4n) is 1.31. The van der Waals surface area contributed by atoms with Crippen molar-refractivity contribution >= 4 is 17.5 Å². The first-order valence-corrected chi connectivity index (χ1v) is 6.94. The van der Waals surface area contributed by atoms with Crippen LogP contribution < -0.4 is 0 Å². The second kappa shape index (κ2) is 7.38. The van der Waals surface area contributed by atoms with Crippen LogP contribution in [-0.4, -0.2) is 24.3 Å². The van der Waals surface area contributed by atoms with Crippen molar-refractivity contribution in [1.82, 2.24) is 0 Å². The summed E-state index contributed by atoms with van der Waals surface area (Å²) >= 11 is 1.16. The summed E-state index contributed by atoms with van der Waals surface area (Å²) < 4.78 is 42.2. The Morgan fingerprint density at radius 1 is 1.30 bits per heavy atom. The molecule has 0 amide bonds. The van der Waals surface area contributed by atoms with Crippen molar-refractivity contribution in [1.29, 1.82) is 0 Å². The number of ketones is 1. The molecule has 1 aromatic carbocycles. The number of Topliss-reactive ketones (excluding diaryl/α,β-unsaturated/α-hetero) is 1. The van der Waals surface area contributed by atoms with Crippen molar-refractivity contribution in [2.45, 2.75) is 24.9 Å². The Kier molecular flexibility index (Phi) is 6.13. The molecule has 20 heavy (non-hydrogen) atoms. The molecule has 0 N–H and O–H groups in total. The number of carbonyl (C=O) groups is 1. The third kappa shape index (κ3) is 5.28. The van der Waals surface area contributed by atoms with Crippen LogP contribution in [0.4, 0.5) is 13.2 Å². The van der Waals surface area contributed by atoms with Crippen LogP contribution in [0.2, 0.25) is 0 Å². The molecule has 0 saturated heterocycles. The molecule has 1 aromatic rings. The van der Waals surface area contributed by atoms with Crippen molar-refractivity contribution in [3.8, 4) is 0 Å². The highest BCUT2D eigenvalue weighted by molar-refractivity contribution is 7.99. The summed E-state index contributed by atoms with van der Waals surface area (Å²) in [6.07, 6.45) is -3.98. The summed E-state index contributed by atoms with van der Waals surface area (Å²) in [6.45, 7) is 3.77. The van der Waals surface area contributed by atoms with E-state index >= 15 is 0 Å². The third-order valence-electron chi connectivity index (χ3n) is 2.36. The van der Waals surface area contributed by atoms with Gasteiger partial charge in [-0.1, -0.05) is 17.7 Å². The first-order chi connectivity index (χ1) is 9.34. The molecule has 2 nitrogen and oxygen atoms in total. The molecule has 0 bridgehead atoms. The van der Waals surface area contributed by atoms with Gasteiger partial charge in [0.1, 0.15) is 0 Å². The van der Waals surface area contributed by atoms with Gasteiger partial charge in [-0.05, 0) is 26.0 Å². The van der Waals surface area contributed by atoms with Crippen LogP contribution in [0.25, 0.3) is 0 Å². The molecule has 0 spiro atoms. The summed E-state index contributed by atoms with van der Waals surface area (Å²) in [5.74, 6) is -1.94. The summed E-state index contributed by atoms with van der Waals surface area (Å²) in [7, 11) is 0. The number of hydrogen-bond donors (Lipinski definition) is 0. The summed E-state index contributed by atoms with van der Waals surface area (Å²) in [5, 5.41) is 0. The van der Waals surface area contributed by atoms with E-state index in [2.05, 4.69) is 0 Å². The minimum atomic E-state index is -4.88. The highest BCUT2D eigenvalue weighted by atomic mass is 32.2. The largest absolute Gasteiger partial charge is 0.501 e. The number of thioether (sulfide) groups is 1. The van der Waals surface area contributed by atoms with Crippen molar-refractivity contribution in [3.05, 3.63) is 41.7 Å². The molecule has 1 rings (SSSR count). The highest BCUT2D eigenvalue weighted by Gasteiger charge is 2.40. The topological polar surface area (TPSA) is 26.3 Å². The van der Waals surface area contributed by atoms with E-state index in [-0.39, 0.29) is 17.9 Å². The Hall–Kier alpha value is -1.43. The van der Waals surface area contributed by atoms with E-state index < -0.39 is 12.0 Å². The molecule has 0 aliphatic heterocycles. The number of aryl methyl sites for hydroxylation is 1. The number of benzene rings is 1. The van der Waals surface area contributed by atoms with Crippen LogP contribution in [0.5, 0.6) is 0 Å². The predicted octanol–water partition coefficient (Wildman–Crippen LogP) is 4.14. The van der Waals surface area contributed by atoms with Gasteiger partial charge in [0.2, 0.25) is 0 Å². The first kappa shape index (κ1) is 16.6. The van der Waals surface area contributed by atoms with Gasteiger partial charge in [0.05, 0.1) is 12.9 Å². The average Bonchev–Trinajstić information content (AvgIpc) is 2.39. The second-order valence-electron chi connectivity index (χ2n) is 4.03. The minimum Gasteiger partial charge on any atom is -0.501 e. The number of ether oxygens (including phenoxy) is 1. The minimum absolute atomic E-state index is 0.0819. The molecule has 0 saturated carbocycles. The zero-order chi connectivity index (χ0) is 15.2. The van der Waals surface area contributed by atoms with Crippen molar-refractivity contribution in [3.63, 3.8) is 0 Å². The van der Waals surface area contributed by atoms with Crippen molar-refractivity contribution in [2.24, 2.45) is 0 Å². The quantitative estimate of drug-likeness (QED) is 0.449. The zero-order valence-corrected chi connectivity index (χ0v) is 12.0. The molecular formula is C14H15F3O2S. The van der Waals surface area contributed by atoms with Gasteiger partial charge >= 0.3 is 6.18 Å². The molecule has 0 atom stereocenters. The summed E-state index contributed by atoms with van der Waals surface area (Å²) in [4.78, 5) is 12.1. The maximum Gasteiger partial charge on any atom is 0.454 e. The smallest absolute Gasteiger partial charge is 0.454 e. The standard InChI is InChI=1S/C14H15F3O2S/c1-3-19-8-11(13(18)14(15,16)17)9-20-12-6-4-10(2)5-7-12/h4-8H,3,9H2,1-2H3/b11-8+. The normalized spacial score (nSPS) is 12.3. The van der Waals surface area contributed by atoms with E-state index in [1.165, 1.54) is 0 Å². The van der Waals surface area contributed by atoms with Gasteiger partial charge in [0.15, 0.2) is 0 Å². The van der Waals surface area contributed by atoms with E-state index in [9.17, 15) is 18.0 Å². The van der Waals surface area contributed by atoms with Crippen LogP contribution in [0.15, 0.2) is 41.0 Å². The van der Waals surface area contributed by atoms with Gasteiger partial charge in [-0.25, -0.2) is 0 Å². The maximum absolute atomic E-state index is 12.5. The van der Waals surface area contributed by atoms with Crippen molar-refractivity contribution in [2.75, 3.05) is 12.4 Å². The molecule has 0 heterocycles. The molecule has 110 valence electrons. The Labute approximate surface area is 120 Å². The molecule has 6 heteroatoms. The Bertz CT molecular complexity index is 478. The van der Waals surface area contributed by atoms with Crippen LogP contribution in [0, 0.1) is 6.92 Å². The summed E-state index contributed by atoms with van der Waals surface area (Å²) in [5.41, 5.74) is 0.677. The van der Waals surface area contributed by atoms with E-state index in [0.717, 1.165) is 28.5 Å². The van der Waals surface area contributed by atoms with Gasteiger partial charge < -0.3 is 4.74 Å². The lowest BCUT2D eigenvalue weighted by Gasteiger charge is -2.09. The van der Waals surface area contributed by atoms with E-state index in [1.807, 2.05) is 19.1 Å². The van der Waals surface area contributed by atoms with Crippen LogP contribution in [0.3, 0.4) is 0 Å². The number of rotatable bonds is 6. The number of hydrogen-bond acceptors (Lipinski definition) is 3. The predicted molar refractivity (Wildman–Crippen MR) is 72.7 cm³/mol. The number of alkyl halides is 3. The Morgan fingerprint density at radius 2 is 1.90 bits per heavy atom. The summed E-state index contributed by atoms with van der Waals surface area (Å²) in [6, 6.07) is 7.33. The molecule has 0 aliphatic rings. The lowest BCUT2D eigenvalue weighted by molar-refractivity contribution is -0.166. The van der Waals surface area contributed by atoms with E-state index in [0.29, 0.717) is 0 Å². The monoisotopic (exact) mass is 304 g/mol. The SMILES string of the molecule is CCO/C=C(\CSc1ccc(C)cc1)C(=O)C(F)(F)F. The molecular weight excluding hydrogens is 289 g/mol. The first-order valence-electron chi connectivity index (χ1n) is 5.96. The maximum atomic E-state index is 12.5. The number of halogens is 3. The zero-order valence-electron chi connectivity index (χ0n) is 11.2. The third-order valence-corrected chi connectivity index (χ3v) is 3.42. The van der Waals surface area contributed by atoms with E-state index in [1.54, 1.807) is 19.1 Å². The Balaban J connectivity index is 2.76.